The molecule has 0 aliphatic heterocycles. The second-order valence-corrected chi connectivity index (χ2v) is 8.48. The third-order valence-corrected chi connectivity index (χ3v) is 5.56. The number of hydrogen-bond acceptors (Lipinski definition) is 4. The van der Waals surface area contributed by atoms with Crippen LogP contribution in [0.4, 0.5) is 10.1 Å². The predicted octanol–water partition coefficient (Wildman–Crippen LogP) is 4.20. The Labute approximate surface area is 159 Å². The van der Waals surface area contributed by atoms with Crippen LogP contribution in [0.2, 0.25) is 0 Å². The van der Waals surface area contributed by atoms with Crippen molar-refractivity contribution in [1.82, 2.24) is 9.97 Å². The molecule has 26 heavy (non-hydrogen) atoms. The zero-order valence-electron chi connectivity index (χ0n) is 13.9. The van der Waals surface area contributed by atoms with Crippen LogP contribution in [-0.2, 0) is 16.6 Å². The molecule has 138 valence electrons. The summed E-state index contributed by atoms with van der Waals surface area (Å²) in [5.74, 6) is 0.0701. The predicted molar refractivity (Wildman–Crippen MR) is 102 cm³/mol. The number of halogens is 2. The van der Waals surface area contributed by atoms with E-state index in [9.17, 15) is 12.8 Å². The van der Waals surface area contributed by atoms with Gasteiger partial charge in [0, 0.05) is 28.1 Å². The Balaban J connectivity index is 1.79. The number of aromatic nitrogens is 2. The molecule has 2 heterocycles. The Morgan fingerprint density at radius 1 is 1.35 bits per heavy atom. The highest BCUT2D eigenvalue weighted by molar-refractivity contribution is 9.10. The van der Waals surface area contributed by atoms with Crippen LogP contribution in [0.15, 0.2) is 41.1 Å². The molecular formula is C17H17BrFN3O3S. The number of rotatable bonds is 7. The molecule has 2 aromatic heterocycles. The lowest BCUT2D eigenvalue weighted by Crippen LogP contribution is -2.16. The van der Waals surface area contributed by atoms with Crippen LogP contribution >= 0.6 is 15.9 Å². The maximum absolute atomic E-state index is 14.1. The summed E-state index contributed by atoms with van der Waals surface area (Å²) in [5.41, 5.74) is 1.21. The number of anilines is 1. The minimum atomic E-state index is -3.44. The molecule has 0 spiro atoms. The normalized spacial score (nSPS) is 11.7. The van der Waals surface area contributed by atoms with E-state index in [1.807, 2.05) is 6.07 Å². The molecule has 0 aliphatic rings. The van der Waals surface area contributed by atoms with Crippen molar-refractivity contribution >= 4 is 42.7 Å². The fraction of sp³-hybridized carbons (Fsp3) is 0.235. The van der Waals surface area contributed by atoms with Crippen molar-refractivity contribution < 1.29 is 17.5 Å². The van der Waals surface area contributed by atoms with Crippen molar-refractivity contribution in [3.8, 4) is 5.75 Å². The number of H-pyrrole nitrogens is 1. The van der Waals surface area contributed by atoms with Crippen LogP contribution in [0, 0.1) is 5.82 Å². The largest absolute Gasteiger partial charge is 0.486 e. The highest BCUT2D eigenvalue weighted by Crippen LogP contribution is 2.28. The molecule has 9 heteroatoms. The van der Waals surface area contributed by atoms with Gasteiger partial charge in [-0.1, -0.05) is 6.92 Å². The van der Waals surface area contributed by atoms with Gasteiger partial charge in [-0.25, -0.2) is 17.8 Å². The molecule has 0 saturated heterocycles. The number of fused-ring (bicyclic) bond motifs is 1. The lowest BCUT2D eigenvalue weighted by atomic mass is 10.2. The minimum Gasteiger partial charge on any atom is -0.486 e. The number of pyridine rings is 1. The van der Waals surface area contributed by atoms with Crippen LogP contribution < -0.4 is 9.46 Å². The smallest absolute Gasteiger partial charge is 0.232 e. The van der Waals surface area contributed by atoms with E-state index in [4.69, 9.17) is 4.74 Å². The zero-order chi connectivity index (χ0) is 18.7. The van der Waals surface area contributed by atoms with E-state index in [0.717, 1.165) is 9.86 Å². The Morgan fingerprint density at radius 2 is 2.15 bits per heavy atom. The van der Waals surface area contributed by atoms with E-state index >= 15 is 0 Å². The van der Waals surface area contributed by atoms with Gasteiger partial charge >= 0.3 is 0 Å². The summed E-state index contributed by atoms with van der Waals surface area (Å²) in [6.45, 7) is 1.73. The second kappa shape index (κ2) is 7.63. The summed E-state index contributed by atoms with van der Waals surface area (Å²) >= 11 is 3.35. The third-order valence-electron chi connectivity index (χ3n) is 3.63. The van der Waals surface area contributed by atoms with E-state index < -0.39 is 15.8 Å². The number of ether oxygens (including phenoxy) is 1. The second-order valence-electron chi connectivity index (χ2n) is 5.72. The monoisotopic (exact) mass is 441 g/mol. The van der Waals surface area contributed by atoms with Gasteiger partial charge in [0.25, 0.3) is 0 Å². The number of nitrogens with one attached hydrogen (secondary N) is 2. The van der Waals surface area contributed by atoms with Gasteiger partial charge in [0.1, 0.15) is 23.8 Å². The Morgan fingerprint density at radius 3 is 2.92 bits per heavy atom. The first-order valence-electron chi connectivity index (χ1n) is 7.92. The molecule has 0 fully saturated rings. The van der Waals surface area contributed by atoms with Gasteiger partial charge in [-0.05, 0) is 46.6 Å². The minimum absolute atomic E-state index is 0.00737. The van der Waals surface area contributed by atoms with Crippen molar-refractivity contribution in [2.75, 3.05) is 10.5 Å². The van der Waals surface area contributed by atoms with Crippen LogP contribution in [0.3, 0.4) is 0 Å². The quantitative estimate of drug-likeness (QED) is 0.575. The van der Waals surface area contributed by atoms with Crippen molar-refractivity contribution in [2.24, 2.45) is 0 Å². The fourth-order valence-corrected chi connectivity index (χ4v) is 3.93. The summed E-state index contributed by atoms with van der Waals surface area (Å²) in [6.07, 6.45) is 3.81. The number of benzene rings is 1. The molecule has 0 radical (unpaired) electrons. The fourth-order valence-electron chi connectivity index (χ4n) is 2.48. The average Bonchev–Trinajstić information content (AvgIpc) is 2.97. The van der Waals surface area contributed by atoms with Gasteiger partial charge in [-0.2, -0.15) is 0 Å². The summed E-state index contributed by atoms with van der Waals surface area (Å²) < 4.78 is 46.8. The van der Waals surface area contributed by atoms with E-state index in [1.165, 1.54) is 18.2 Å². The van der Waals surface area contributed by atoms with E-state index in [1.54, 1.807) is 19.3 Å². The summed E-state index contributed by atoms with van der Waals surface area (Å²) in [4.78, 5) is 7.19. The first kappa shape index (κ1) is 18.7. The Kier molecular flexibility index (Phi) is 5.47. The number of sulfonamides is 1. The first-order chi connectivity index (χ1) is 12.4. The molecule has 0 unspecified atom stereocenters. The van der Waals surface area contributed by atoms with Gasteiger partial charge in [0.15, 0.2) is 0 Å². The van der Waals surface area contributed by atoms with Crippen LogP contribution in [0.5, 0.6) is 5.75 Å². The maximum atomic E-state index is 14.1. The zero-order valence-corrected chi connectivity index (χ0v) is 16.3. The van der Waals surface area contributed by atoms with Crippen LogP contribution in [0.25, 0.3) is 11.0 Å². The highest BCUT2D eigenvalue weighted by atomic mass is 79.9. The van der Waals surface area contributed by atoms with E-state index in [-0.39, 0.29) is 17.9 Å². The molecule has 1 aromatic carbocycles. The molecule has 2 N–H and O–H groups in total. The van der Waals surface area contributed by atoms with Crippen molar-refractivity contribution in [3.05, 3.63) is 52.5 Å². The van der Waals surface area contributed by atoms with Gasteiger partial charge in [0.05, 0.1) is 11.1 Å². The highest BCUT2D eigenvalue weighted by Gasteiger charge is 2.12. The molecule has 0 saturated carbocycles. The summed E-state index contributed by atoms with van der Waals surface area (Å²) in [7, 11) is -3.44. The molecular weight excluding hydrogens is 425 g/mol. The lowest BCUT2D eigenvalue weighted by Gasteiger charge is -2.10. The maximum Gasteiger partial charge on any atom is 0.232 e. The van der Waals surface area contributed by atoms with Gasteiger partial charge in [0.2, 0.25) is 10.0 Å². The topological polar surface area (TPSA) is 84.1 Å². The van der Waals surface area contributed by atoms with Crippen molar-refractivity contribution in [2.45, 2.75) is 20.0 Å². The number of hydrogen-bond donors (Lipinski definition) is 2. The lowest BCUT2D eigenvalue weighted by molar-refractivity contribution is 0.303. The van der Waals surface area contributed by atoms with Crippen molar-refractivity contribution in [1.29, 1.82) is 0 Å². The molecule has 3 aromatic rings. The molecule has 0 amide bonds. The summed E-state index contributed by atoms with van der Waals surface area (Å²) in [6, 6.07) is 5.89. The molecule has 0 atom stereocenters. The Hall–Kier alpha value is -2.13. The molecule has 0 bridgehead atoms. The van der Waals surface area contributed by atoms with Gasteiger partial charge < -0.3 is 9.72 Å². The SMILES string of the molecule is CCCS(=O)(=O)Nc1ccc(F)c(COc2c[nH]c3ncc(Br)cc23)c1. The average molecular weight is 442 g/mol. The van der Waals surface area contributed by atoms with E-state index in [0.29, 0.717) is 23.5 Å². The number of aromatic amines is 1. The van der Waals surface area contributed by atoms with Gasteiger partial charge in [-0.3, -0.25) is 4.72 Å². The standard InChI is InChI=1S/C17H17BrFN3O3S/c1-2-5-26(23,24)22-13-3-4-15(19)11(6-13)10-25-16-9-21-17-14(16)7-12(18)8-20-17/h3-4,6-9,22H,2,5,10H2,1H3,(H,20,21). The first-order valence-corrected chi connectivity index (χ1v) is 10.4. The van der Waals surface area contributed by atoms with Crippen LogP contribution in [0.1, 0.15) is 18.9 Å². The molecule has 6 nitrogen and oxygen atoms in total. The van der Waals surface area contributed by atoms with Crippen molar-refractivity contribution in [3.63, 3.8) is 0 Å². The third kappa shape index (κ3) is 4.34. The van der Waals surface area contributed by atoms with E-state index in [2.05, 4.69) is 30.6 Å². The molecule has 3 rings (SSSR count). The Bertz CT molecular complexity index is 1040. The van der Waals surface area contributed by atoms with Gasteiger partial charge in [-0.15, -0.1) is 0 Å². The summed E-state index contributed by atoms with van der Waals surface area (Å²) in [5, 5.41) is 0.764. The number of nitrogens with zero attached hydrogens (tertiary/aromatic N) is 1. The molecule has 0 aliphatic carbocycles. The van der Waals surface area contributed by atoms with Crippen LogP contribution in [-0.4, -0.2) is 24.1 Å².